The van der Waals surface area contributed by atoms with Crippen molar-refractivity contribution in [3.8, 4) is 0 Å². The number of sulfonamides is 1. The van der Waals surface area contributed by atoms with E-state index in [0.29, 0.717) is 18.9 Å². The highest BCUT2D eigenvalue weighted by Crippen LogP contribution is 2.32. The number of allylic oxidation sites excluding steroid dienone is 1. The van der Waals surface area contributed by atoms with E-state index in [4.69, 9.17) is 9.88 Å². The van der Waals surface area contributed by atoms with Crippen LogP contribution in [-0.4, -0.2) is 33.0 Å². The van der Waals surface area contributed by atoms with Gasteiger partial charge in [0.05, 0.1) is 4.90 Å². The Morgan fingerprint density at radius 1 is 1.32 bits per heavy atom. The van der Waals surface area contributed by atoms with E-state index in [9.17, 15) is 13.2 Å². The van der Waals surface area contributed by atoms with Crippen LogP contribution in [0.2, 0.25) is 0 Å². The number of hydrogen-bond donors (Lipinski definition) is 2. The molecule has 2 heterocycles. The molecular formula is C18H24N2O4S. The number of primary sulfonamides is 1. The highest BCUT2D eigenvalue weighted by molar-refractivity contribution is 7.89. The number of carbonyl (C=O) groups is 1. The molecule has 0 spiro atoms. The van der Waals surface area contributed by atoms with Crippen molar-refractivity contribution < 1.29 is 17.9 Å². The summed E-state index contributed by atoms with van der Waals surface area (Å²) in [7, 11) is -3.79. The minimum Gasteiger partial charge on any atom is -0.381 e. The molecule has 0 aliphatic carbocycles. The van der Waals surface area contributed by atoms with E-state index in [1.54, 1.807) is 18.2 Å². The Balaban J connectivity index is 2.01. The van der Waals surface area contributed by atoms with Gasteiger partial charge >= 0.3 is 0 Å². The normalized spacial score (nSPS) is 22.3. The van der Waals surface area contributed by atoms with Crippen LogP contribution in [0.1, 0.15) is 37.8 Å². The smallest absolute Gasteiger partial charge is 0.238 e. The topological polar surface area (TPSA) is 98.5 Å². The van der Waals surface area contributed by atoms with Crippen molar-refractivity contribution in [2.45, 2.75) is 43.5 Å². The Bertz CT molecular complexity index is 821. The van der Waals surface area contributed by atoms with Crippen molar-refractivity contribution >= 4 is 21.5 Å². The van der Waals surface area contributed by atoms with Gasteiger partial charge in [-0.1, -0.05) is 6.07 Å². The molecule has 1 saturated heterocycles. The van der Waals surface area contributed by atoms with Crippen LogP contribution in [-0.2, 0) is 26.0 Å². The molecular weight excluding hydrogens is 340 g/mol. The molecule has 2 aliphatic rings. The van der Waals surface area contributed by atoms with E-state index in [0.717, 1.165) is 30.4 Å². The first-order valence-electron chi connectivity index (χ1n) is 8.43. The number of benzene rings is 1. The molecule has 7 heteroatoms. The fourth-order valence-electron chi connectivity index (χ4n) is 3.45. The molecule has 0 unspecified atom stereocenters. The molecule has 0 radical (unpaired) electrons. The second kappa shape index (κ2) is 6.55. The van der Waals surface area contributed by atoms with Gasteiger partial charge < -0.3 is 10.1 Å². The molecule has 136 valence electrons. The Morgan fingerprint density at radius 2 is 2.00 bits per heavy atom. The number of fused-ring (bicyclic) bond motifs is 1. The second-order valence-electron chi connectivity index (χ2n) is 7.40. The van der Waals surface area contributed by atoms with Crippen molar-refractivity contribution in [2.24, 2.45) is 11.1 Å². The zero-order chi connectivity index (χ0) is 18.2. The third kappa shape index (κ3) is 4.11. The predicted octanol–water partition coefficient (Wildman–Crippen LogP) is 1.59. The molecule has 3 rings (SSSR count). The van der Waals surface area contributed by atoms with Gasteiger partial charge in [0.15, 0.2) is 5.78 Å². The van der Waals surface area contributed by atoms with Crippen LogP contribution in [0.5, 0.6) is 0 Å². The summed E-state index contributed by atoms with van der Waals surface area (Å²) in [5, 5.41) is 8.63. The second-order valence-corrected chi connectivity index (χ2v) is 8.96. The van der Waals surface area contributed by atoms with Gasteiger partial charge in [0.2, 0.25) is 10.0 Å². The van der Waals surface area contributed by atoms with Crippen LogP contribution in [0.4, 0.5) is 0 Å². The van der Waals surface area contributed by atoms with Gasteiger partial charge in [-0.3, -0.25) is 4.79 Å². The van der Waals surface area contributed by atoms with Crippen LogP contribution in [0.15, 0.2) is 29.2 Å². The number of ketones is 1. The number of nitrogens with two attached hydrogens (primary N) is 1. The summed E-state index contributed by atoms with van der Waals surface area (Å²) in [6, 6.07) is 4.86. The molecule has 0 aromatic heterocycles. The predicted molar refractivity (Wildman–Crippen MR) is 95.3 cm³/mol. The molecule has 6 nitrogen and oxygen atoms in total. The number of rotatable bonds is 3. The van der Waals surface area contributed by atoms with Crippen molar-refractivity contribution in [1.82, 2.24) is 5.32 Å². The summed E-state index contributed by atoms with van der Waals surface area (Å²) in [6.45, 7) is 5.31. The number of nitrogens with one attached hydrogen (secondary N) is 1. The molecule has 1 aromatic rings. The van der Waals surface area contributed by atoms with Crippen LogP contribution < -0.4 is 10.5 Å². The third-order valence-corrected chi connectivity index (χ3v) is 5.63. The number of hydrogen-bond acceptors (Lipinski definition) is 5. The Labute approximate surface area is 148 Å². The average Bonchev–Trinajstić information content (AvgIpc) is 2.53. The van der Waals surface area contributed by atoms with Gasteiger partial charge in [-0.25, -0.2) is 13.6 Å². The van der Waals surface area contributed by atoms with Gasteiger partial charge in [-0.05, 0) is 50.8 Å². The lowest BCUT2D eigenvalue weighted by Crippen LogP contribution is -2.44. The van der Waals surface area contributed by atoms with Gasteiger partial charge in [0.25, 0.3) is 0 Å². The zero-order valence-electron chi connectivity index (χ0n) is 14.5. The maximum absolute atomic E-state index is 12.7. The molecule has 0 amide bonds. The quantitative estimate of drug-likeness (QED) is 0.794. The fraction of sp³-hybridized carbons (Fsp3) is 0.500. The highest BCUT2D eigenvalue weighted by Gasteiger charge is 2.30. The van der Waals surface area contributed by atoms with Crippen LogP contribution in [0.3, 0.4) is 0 Å². The lowest BCUT2D eigenvalue weighted by atomic mass is 9.85. The molecule has 3 N–H and O–H groups in total. The maximum atomic E-state index is 12.7. The number of ether oxygens (including phenoxy) is 1. The first-order valence-corrected chi connectivity index (χ1v) is 9.98. The lowest BCUT2D eigenvalue weighted by Gasteiger charge is -2.36. The average molecular weight is 364 g/mol. The summed E-state index contributed by atoms with van der Waals surface area (Å²) in [6.07, 6.45) is 3.78. The lowest BCUT2D eigenvalue weighted by molar-refractivity contribution is -0.120. The number of carbonyl (C=O) groups excluding carboxylic acids is 1. The fourth-order valence-corrected chi connectivity index (χ4v) is 3.99. The molecule has 25 heavy (non-hydrogen) atoms. The van der Waals surface area contributed by atoms with Gasteiger partial charge in [-0.2, -0.15) is 0 Å². The minimum absolute atomic E-state index is 0.0436. The maximum Gasteiger partial charge on any atom is 0.238 e. The summed E-state index contributed by atoms with van der Waals surface area (Å²) in [5.41, 5.74) is 2.17. The highest BCUT2D eigenvalue weighted by atomic mass is 32.2. The summed E-state index contributed by atoms with van der Waals surface area (Å²) < 4.78 is 28.7. The van der Waals surface area contributed by atoms with E-state index in [2.05, 4.69) is 19.2 Å². The molecule has 0 saturated carbocycles. The minimum atomic E-state index is -3.79. The Kier molecular flexibility index (Phi) is 4.74. The molecule has 0 atom stereocenters. The largest absolute Gasteiger partial charge is 0.381 e. The standard InChI is InChI=1S/C18H24N2O4S/c1-18(2)11-13-3-4-14(25(19,22)23)9-15(13)16(20-18)10-17(21)12-5-7-24-8-6-12/h3-4,9-10,12,20H,5-8,11H2,1-2H3,(H2,19,22,23)/b16-10-. The van der Waals surface area contributed by atoms with Crippen LogP contribution >= 0.6 is 0 Å². The first-order chi connectivity index (χ1) is 11.7. The van der Waals surface area contributed by atoms with E-state index in [1.165, 1.54) is 6.07 Å². The van der Waals surface area contributed by atoms with E-state index < -0.39 is 10.0 Å². The third-order valence-electron chi connectivity index (χ3n) is 4.72. The molecule has 0 bridgehead atoms. The summed E-state index contributed by atoms with van der Waals surface area (Å²) in [4.78, 5) is 12.7. The van der Waals surface area contributed by atoms with E-state index in [-0.39, 0.29) is 22.1 Å². The summed E-state index contributed by atoms with van der Waals surface area (Å²) in [5.74, 6) is 0.00780. The van der Waals surface area contributed by atoms with Gasteiger partial charge in [-0.15, -0.1) is 0 Å². The van der Waals surface area contributed by atoms with Crippen LogP contribution in [0, 0.1) is 5.92 Å². The summed E-state index contributed by atoms with van der Waals surface area (Å²) >= 11 is 0. The van der Waals surface area contributed by atoms with Crippen molar-refractivity contribution in [3.63, 3.8) is 0 Å². The Morgan fingerprint density at radius 3 is 2.64 bits per heavy atom. The molecule has 1 fully saturated rings. The SMILES string of the molecule is CC1(C)Cc2ccc(S(N)(=O)=O)cc2/C(=C/C(=O)C2CCOCC2)N1. The van der Waals surface area contributed by atoms with Crippen molar-refractivity contribution in [1.29, 1.82) is 0 Å². The Hall–Kier alpha value is -1.70. The van der Waals surface area contributed by atoms with Gasteiger partial charge in [0, 0.05) is 42.0 Å². The molecule has 2 aliphatic heterocycles. The van der Waals surface area contributed by atoms with Crippen molar-refractivity contribution in [3.05, 3.63) is 35.4 Å². The monoisotopic (exact) mass is 364 g/mol. The first kappa shape index (κ1) is 18.1. The zero-order valence-corrected chi connectivity index (χ0v) is 15.4. The van der Waals surface area contributed by atoms with Gasteiger partial charge in [0.1, 0.15) is 0 Å². The van der Waals surface area contributed by atoms with Crippen LogP contribution in [0.25, 0.3) is 5.70 Å². The molecule has 1 aromatic carbocycles. The van der Waals surface area contributed by atoms with E-state index >= 15 is 0 Å². The van der Waals surface area contributed by atoms with E-state index in [1.807, 2.05) is 0 Å². The van der Waals surface area contributed by atoms with Crippen molar-refractivity contribution in [2.75, 3.05) is 13.2 Å².